The predicted octanol–water partition coefficient (Wildman–Crippen LogP) is 1.82. The van der Waals surface area contributed by atoms with Crippen molar-refractivity contribution >= 4 is 21.1 Å². The molecule has 1 saturated heterocycles. The number of aromatic amines is 1. The van der Waals surface area contributed by atoms with Crippen molar-refractivity contribution in [3.63, 3.8) is 0 Å². The van der Waals surface area contributed by atoms with Gasteiger partial charge in [-0.15, -0.1) is 0 Å². The van der Waals surface area contributed by atoms with Gasteiger partial charge in [-0.2, -0.15) is 4.31 Å². The summed E-state index contributed by atoms with van der Waals surface area (Å²) in [6.07, 6.45) is 1.45. The first-order valence-electron chi connectivity index (χ1n) is 6.57. The zero-order chi connectivity index (χ0) is 15.4. The lowest BCUT2D eigenvalue weighted by Gasteiger charge is -2.30. The van der Waals surface area contributed by atoms with E-state index >= 15 is 0 Å². The average molecular weight is 314 g/mol. The van der Waals surface area contributed by atoms with Crippen molar-refractivity contribution in [2.24, 2.45) is 0 Å². The Morgan fingerprint density at radius 1 is 1.38 bits per heavy atom. The highest BCUT2D eigenvalue weighted by Crippen LogP contribution is 2.35. The second kappa shape index (κ2) is 4.41. The van der Waals surface area contributed by atoms with E-state index in [0.717, 1.165) is 25.0 Å². The number of halogens is 1. The van der Waals surface area contributed by atoms with Crippen LogP contribution in [0.1, 0.15) is 26.7 Å². The van der Waals surface area contributed by atoms with Crippen LogP contribution in [0.25, 0.3) is 11.1 Å². The molecule has 1 N–H and O–H groups in total. The molecule has 21 heavy (non-hydrogen) atoms. The average Bonchev–Trinajstić information content (AvgIpc) is 2.89. The van der Waals surface area contributed by atoms with Gasteiger partial charge in [0, 0.05) is 24.2 Å². The molecule has 0 saturated carbocycles. The molecule has 0 unspecified atom stereocenters. The van der Waals surface area contributed by atoms with Crippen LogP contribution in [0.3, 0.4) is 0 Å². The van der Waals surface area contributed by atoms with Gasteiger partial charge in [-0.1, -0.05) is 0 Å². The molecule has 114 valence electrons. The Labute approximate surface area is 120 Å². The van der Waals surface area contributed by atoms with E-state index in [2.05, 4.69) is 4.98 Å². The summed E-state index contributed by atoms with van der Waals surface area (Å²) in [5, 5.41) is 0. The molecule has 1 aliphatic rings. The number of rotatable bonds is 2. The van der Waals surface area contributed by atoms with Crippen LogP contribution in [0, 0.1) is 5.82 Å². The monoisotopic (exact) mass is 314 g/mol. The number of oxazole rings is 1. The summed E-state index contributed by atoms with van der Waals surface area (Å²) in [5.41, 5.74) is -0.395. The molecule has 0 amide bonds. The number of nitrogens with one attached hydrogen (secondary N) is 1. The number of fused-ring (bicyclic) bond motifs is 1. The maximum atomic E-state index is 14.2. The van der Waals surface area contributed by atoms with Crippen LogP contribution in [0.2, 0.25) is 0 Å². The van der Waals surface area contributed by atoms with E-state index in [-0.39, 0.29) is 11.1 Å². The fourth-order valence-electron chi connectivity index (χ4n) is 2.80. The molecule has 1 aromatic heterocycles. The van der Waals surface area contributed by atoms with Gasteiger partial charge >= 0.3 is 5.76 Å². The van der Waals surface area contributed by atoms with Crippen molar-refractivity contribution in [1.82, 2.24) is 9.29 Å². The van der Waals surface area contributed by atoms with E-state index in [1.807, 2.05) is 13.8 Å². The molecule has 2 aromatic rings. The van der Waals surface area contributed by atoms with Gasteiger partial charge < -0.3 is 4.42 Å². The van der Waals surface area contributed by atoms with E-state index in [9.17, 15) is 17.6 Å². The molecule has 2 heterocycles. The van der Waals surface area contributed by atoms with Crippen LogP contribution >= 0.6 is 0 Å². The molecule has 6 nitrogen and oxygen atoms in total. The molecule has 3 rings (SSSR count). The SMILES string of the molecule is CC1(C)CCCN1S(=O)(=O)c1cc2oc(=O)[nH]c2cc1F. The molecule has 0 aliphatic carbocycles. The maximum Gasteiger partial charge on any atom is 0.417 e. The van der Waals surface area contributed by atoms with E-state index in [1.165, 1.54) is 4.31 Å². The summed E-state index contributed by atoms with van der Waals surface area (Å²) in [6.45, 7) is 3.97. The summed E-state index contributed by atoms with van der Waals surface area (Å²) in [6, 6.07) is 2.03. The highest BCUT2D eigenvalue weighted by Gasteiger charge is 2.42. The van der Waals surface area contributed by atoms with Crippen molar-refractivity contribution in [2.75, 3.05) is 6.54 Å². The van der Waals surface area contributed by atoms with E-state index in [0.29, 0.717) is 6.54 Å². The molecule has 0 spiro atoms. The van der Waals surface area contributed by atoms with Gasteiger partial charge in [-0.05, 0) is 26.7 Å². The first-order valence-corrected chi connectivity index (χ1v) is 8.01. The minimum atomic E-state index is -3.98. The summed E-state index contributed by atoms with van der Waals surface area (Å²) in [5.74, 6) is -1.65. The molecule has 1 aliphatic heterocycles. The minimum Gasteiger partial charge on any atom is -0.408 e. The lowest BCUT2D eigenvalue weighted by molar-refractivity contribution is 0.290. The van der Waals surface area contributed by atoms with Crippen molar-refractivity contribution in [3.05, 3.63) is 28.5 Å². The largest absolute Gasteiger partial charge is 0.417 e. The Bertz CT molecular complexity index is 866. The highest BCUT2D eigenvalue weighted by atomic mass is 32.2. The first-order chi connectivity index (χ1) is 9.72. The van der Waals surface area contributed by atoms with Gasteiger partial charge in [0.1, 0.15) is 10.7 Å². The Hall–Kier alpha value is -1.67. The number of nitrogens with zero attached hydrogens (tertiary/aromatic N) is 1. The van der Waals surface area contributed by atoms with Crippen LogP contribution in [-0.4, -0.2) is 29.8 Å². The van der Waals surface area contributed by atoms with Crippen LogP contribution in [0.15, 0.2) is 26.2 Å². The third kappa shape index (κ3) is 2.18. The number of hydrogen-bond acceptors (Lipinski definition) is 4. The Balaban J connectivity index is 2.19. The Morgan fingerprint density at radius 2 is 2.10 bits per heavy atom. The fraction of sp³-hybridized carbons (Fsp3) is 0.462. The Morgan fingerprint density at radius 3 is 2.71 bits per heavy atom. The van der Waals surface area contributed by atoms with Crippen LogP contribution in [0.5, 0.6) is 0 Å². The topological polar surface area (TPSA) is 83.4 Å². The van der Waals surface area contributed by atoms with Crippen molar-refractivity contribution in [2.45, 2.75) is 37.1 Å². The van der Waals surface area contributed by atoms with Crippen LogP contribution < -0.4 is 5.76 Å². The number of hydrogen-bond donors (Lipinski definition) is 1. The summed E-state index contributed by atoms with van der Waals surface area (Å²) >= 11 is 0. The van der Waals surface area contributed by atoms with Crippen molar-refractivity contribution < 1.29 is 17.2 Å². The summed E-state index contributed by atoms with van der Waals surface area (Å²) in [7, 11) is -3.98. The lowest BCUT2D eigenvalue weighted by Crippen LogP contribution is -2.42. The second-order valence-electron chi connectivity index (χ2n) is 5.79. The van der Waals surface area contributed by atoms with E-state index < -0.39 is 32.0 Å². The highest BCUT2D eigenvalue weighted by molar-refractivity contribution is 7.89. The van der Waals surface area contributed by atoms with Gasteiger partial charge in [0.15, 0.2) is 5.58 Å². The molecule has 1 fully saturated rings. The second-order valence-corrected chi connectivity index (χ2v) is 7.62. The quantitative estimate of drug-likeness (QED) is 0.916. The lowest BCUT2D eigenvalue weighted by atomic mass is 10.0. The molecule has 0 atom stereocenters. The fourth-order valence-corrected chi connectivity index (χ4v) is 4.71. The van der Waals surface area contributed by atoms with E-state index in [4.69, 9.17) is 4.42 Å². The smallest absolute Gasteiger partial charge is 0.408 e. The number of H-pyrrole nitrogens is 1. The van der Waals surface area contributed by atoms with Gasteiger partial charge in [0.05, 0.1) is 5.52 Å². The summed E-state index contributed by atoms with van der Waals surface area (Å²) in [4.78, 5) is 12.9. The van der Waals surface area contributed by atoms with E-state index in [1.54, 1.807) is 0 Å². The van der Waals surface area contributed by atoms with Gasteiger partial charge in [0.25, 0.3) is 0 Å². The van der Waals surface area contributed by atoms with Gasteiger partial charge in [-0.25, -0.2) is 17.6 Å². The van der Waals surface area contributed by atoms with Crippen molar-refractivity contribution in [1.29, 1.82) is 0 Å². The normalized spacial score (nSPS) is 19.4. The number of benzene rings is 1. The zero-order valence-corrected chi connectivity index (χ0v) is 12.5. The minimum absolute atomic E-state index is 0.0250. The van der Waals surface area contributed by atoms with Crippen molar-refractivity contribution in [3.8, 4) is 0 Å². The molecular formula is C13H15FN2O4S. The third-order valence-electron chi connectivity index (χ3n) is 3.87. The molecular weight excluding hydrogens is 299 g/mol. The summed E-state index contributed by atoms with van der Waals surface area (Å²) < 4.78 is 45.6. The van der Waals surface area contributed by atoms with Gasteiger partial charge in [0.2, 0.25) is 10.0 Å². The number of aromatic nitrogens is 1. The standard InChI is InChI=1S/C13H15FN2O4S/c1-13(2)4-3-5-16(13)21(18,19)11-7-10-9(6-8(11)14)15-12(17)20-10/h6-7H,3-5H2,1-2H3,(H,15,17). The van der Waals surface area contributed by atoms with Crippen LogP contribution in [0.4, 0.5) is 4.39 Å². The molecule has 8 heteroatoms. The Kier molecular flexibility index (Phi) is 3.00. The third-order valence-corrected chi connectivity index (χ3v) is 5.99. The first kappa shape index (κ1) is 14.3. The number of sulfonamides is 1. The predicted molar refractivity (Wildman–Crippen MR) is 74.0 cm³/mol. The molecule has 0 bridgehead atoms. The molecule has 1 aromatic carbocycles. The molecule has 0 radical (unpaired) electrons. The van der Waals surface area contributed by atoms with Crippen LogP contribution in [-0.2, 0) is 10.0 Å². The maximum absolute atomic E-state index is 14.2. The zero-order valence-electron chi connectivity index (χ0n) is 11.6. The van der Waals surface area contributed by atoms with Gasteiger partial charge in [-0.3, -0.25) is 4.98 Å².